The molecule has 0 bridgehead atoms. The number of sulfone groups is 1. The molecular weight excluding hydrogens is 370 g/mol. The van der Waals surface area contributed by atoms with Gasteiger partial charge in [-0.15, -0.1) is 11.3 Å². The van der Waals surface area contributed by atoms with Gasteiger partial charge in [-0.1, -0.05) is 24.3 Å². The fraction of sp³-hybridized carbons (Fsp3) is 0.211. The van der Waals surface area contributed by atoms with Crippen molar-refractivity contribution in [2.45, 2.75) is 17.2 Å². The van der Waals surface area contributed by atoms with Gasteiger partial charge in [-0.25, -0.2) is 8.42 Å². The van der Waals surface area contributed by atoms with Crippen molar-refractivity contribution in [2.24, 2.45) is 0 Å². The van der Waals surface area contributed by atoms with E-state index < -0.39 is 9.84 Å². The molecule has 3 aromatic rings. The van der Waals surface area contributed by atoms with Crippen LogP contribution in [0.3, 0.4) is 0 Å². The highest BCUT2D eigenvalue weighted by Gasteiger charge is 2.20. The van der Waals surface area contributed by atoms with E-state index in [-0.39, 0.29) is 28.9 Å². The van der Waals surface area contributed by atoms with Crippen LogP contribution in [-0.4, -0.2) is 26.6 Å². The minimum atomic E-state index is -3.46. The summed E-state index contributed by atoms with van der Waals surface area (Å²) < 4.78 is 30.0. The van der Waals surface area contributed by atoms with E-state index in [4.69, 9.17) is 4.42 Å². The van der Waals surface area contributed by atoms with Crippen LogP contribution in [0, 0.1) is 0 Å². The third kappa shape index (κ3) is 4.62. The van der Waals surface area contributed by atoms with Crippen molar-refractivity contribution in [1.82, 2.24) is 5.32 Å². The van der Waals surface area contributed by atoms with E-state index in [2.05, 4.69) is 5.32 Å². The molecule has 26 heavy (non-hydrogen) atoms. The fourth-order valence-electron chi connectivity index (χ4n) is 2.60. The van der Waals surface area contributed by atoms with Gasteiger partial charge in [0.15, 0.2) is 9.84 Å². The van der Waals surface area contributed by atoms with Crippen LogP contribution in [0.25, 0.3) is 0 Å². The van der Waals surface area contributed by atoms with Crippen molar-refractivity contribution in [2.75, 3.05) is 12.3 Å². The smallest absolute Gasteiger partial charge is 0.221 e. The van der Waals surface area contributed by atoms with E-state index in [1.54, 1.807) is 35.8 Å². The van der Waals surface area contributed by atoms with Gasteiger partial charge in [-0.3, -0.25) is 4.79 Å². The van der Waals surface area contributed by atoms with Crippen molar-refractivity contribution >= 4 is 27.1 Å². The number of hydrogen-bond acceptors (Lipinski definition) is 5. The number of carbonyl (C=O) groups excluding carboxylic acids is 1. The Morgan fingerprint density at radius 2 is 1.88 bits per heavy atom. The summed E-state index contributed by atoms with van der Waals surface area (Å²) in [6, 6.07) is 15.8. The van der Waals surface area contributed by atoms with Crippen molar-refractivity contribution in [3.05, 3.63) is 76.9 Å². The Bertz CT molecular complexity index is 883. The van der Waals surface area contributed by atoms with E-state index in [1.165, 1.54) is 12.1 Å². The van der Waals surface area contributed by atoms with Crippen LogP contribution in [0.15, 0.2) is 75.6 Å². The van der Waals surface area contributed by atoms with E-state index in [0.717, 1.165) is 10.6 Å². The molecule has 0 radical (unpaired) electrons. The van der Waals surface area contributed by atoms with Gasteiger partial charge in [-0.2, -0.15) is 0 Å². The third-order valence-electron chi connectivity index (χ3n) is 3.98. The predicted octanol–water partition coefficient (Wildman–Crippen LogP) is 3.45. The van der Waals surface area contributed by atoms with E-state index in [9.17, 15) is 13.2 Å². The van der Waals surface area contributed by atoms with Crippen LogP contribution in [0.5, 0.6) is 0 Å². The van der Waals surface area contributed by atoms with Crippen LogP contribution in [-0.2, 0) is 14.6 Å². The van der Waals surface area contributed by atoms with Gasteiger partial charge < -0.3 is 9.73 Å². The van der Waals surface area contributed by atoms with E-state index >= 15 is 0 Å². The number of thiophene rings is 1. The van der Waals surface area contributed by atoms with Gasteiger partial charge in [0.25, 0.3) is 0 Å². The highest BCUT2D eigenvalue weighted by Crippen LogP contribution is 2.28. The highest BCUT2D eigenvalue weighted by atomic mass is 32.2. The average molecular weight is 389 g/mol. The minimum absolute atomic E-state index is 0.0768. The molecule has 1 amide bonds. The molecule has 0 aliphatic rings. The van der Waals surface area contributed by atoms with Gasteiger partial charge in [0.05, 0.1) is 22.8 Å². The number of carbonyl (C=O) groups is 1. The fourth-order valence-corrected chi connectivity index (χ4v) is 4.69. The topological polar surface area (TPSA) is 76.4 Å². The number of hydrogen-bond donors (Lipinski definition) is 1. The molecule has 1 aromatic carbocycles. The Morgan fingerprint density at radius 1 is 1.08 bits per heavy atom. The van der Waals surface area contributed by atoms with Gasteiger partial charge in [0.2, 0.25) is 5.91 Å². The molecule has 0 spiro atoms. The van der Waals surface area contributed by atoms with Gasteiger partial charge >= 0.3 is 0 Å². The predicted molar refractivity (Wildman–Crippen MR) is 101 cm³/mol. The monoisotopic (exact) mass is 389 g/mol. The Morgan fingerprint density at radius 3 is 2.54 bits per heavy atom. The maximum absolute atomic E-state index is 12.3. The summed E-state index contributed by atoms with van der Waals surface area (Å²) in [6.45, 7) is 0.359. The number of rotatable bonds is 8. The molecule has 1 N–H and O–H groups in total. The molecule has 0 aliphatic heterocycles. The zero-order valence-electron chi connectivity index (χ0n) is 14.0. The summed E-state index contributed by atoms with van der Waals surface area (Å²) in [6.07, 6.45) is 1.52. The molecule has 1 atom stereocenters. The average Bonchev–Trinajstić information content (AvgIpc) is 3.36. The lowest BCUT2D eigenvalue weighted by Gasteiger charge is -2.14. The second-order valence-corrected chi connectivity index (χ2v) is 8.86. The third-order valence-corrected chi connectivity index (χ3v) is 6.69. The first kappa shape index (κ1) is 18.4. The first-order valence-corrected chi connectivity index (χ1v) is 10.7. The summed E-state index contributed by atoms with van der Waals surface area (Å²) >= 11 is 1.59. The molecule has 1 unspecified atom stereocenters. The van der Waals surface area contributed by atoms with Crippen LogP contribution < -0.4 is 5.32 Å². The Labute approximate surface area is 156 Å². The number of amides is 1. The number of furan rings is 1. The van der Waals surface area contributed by atoms with Gasteiger partial charge in [0, 0.05) is 17.8 Å². The zero-order valence-corrected chi connectivity index (χ0v) is 15.6. The molecule has 136 valence electrons. The van der Waals surface area contributed by atoms with Crippen LogP contribution >= 0.6 is 11.3 Å². The van der Waals surface area contributed by atoms with Gasteiger partial charge in [0.1, 0.15) is 5.76 Å². The van der Waals surface area contributed by atoms with E-state index in [1.807, 2.05) is 29.6 Å². The maximum atomic E-state index is 12.3. The Kier molecular flexibility index (Phi) is 5.90. The first-order chi connectivity index (χ1) is 12.6. The Balaban J connectivity index is 1.58. The molecule has 0 aliphatic carbocycles. The Hall–Kier alpha value is -2.38. The normalized spacial score (nSPS) is 12.6. The van der Waals surface area contributed by atoms with Crippen LogP contribution in [0.4, 0.5) is 0 Å². The zero-order chi connectivity index (χ0) is 18.4. The van der Waals surface area contributed by atoms with Gasteiger partial charge in [-0.05, 0) is 35.7 Å². The van der Waals surface area contributed by atoms with E-state index in [0.29, 0.717) is 6.54 Å². The highest BCUT2D eigenvalue weighted by molar-refractivity contribution is 7.91. The SMILES string of the molecule is O=C(CCS(=O)(=O)c1ccccc1)NCC(c1ccco1)c1cccs1. The van der Waals surface area contributed by atoms with Crippen LogP contribution in [0.1, 0.15) is 23.0 Å². The molecule has 7 heteroatoms. The molecule has 2 heterocycles. The van der Waals surface area contributed by atoms with Crippen molar-refractivity contribution in [3.8, 4) is 0 Å². The summed E-state index contributed by atoms with van der Waals surface area (Å²) in [4.78, 5) is 13.5. The molecule has 3 rings (SSSR count). The summed E-state index contributed by atoms with van der Waals surface area (Å²) in [5.41, 5.74) is 0. The number of benzene rings is 1. The van der Waals surface area contributed by atoms with Crippen molar-refractivity contribution < 1.29 is 17.6 Å². The molecule has 0 saturated carbocycles. The van der Waals surface area contributed by atoms with Crippen molar-refractivity contribution in [3.63, 3.8) is 0 Å². The minimum Gasteiger partial charge on any atom is -0.469 e. The molecule has 2 aromatic heterocycles. The van der Waals surface area contributed by atoms with Crippen molar-refractivity contribution in [1.29, 1.82) is 0 Å². The summed E-state index contributed by atoms with van der Waals surface area (Å²) in [5, 5.41) is 4.80. The molecular formula is C19H19NO4S2. The van der Waals surface area contributed by atoms with Crippen LogP contribution in [0.2, 0.25) is 0 Å². The summed E-state index contributed by atoms with van der Waals surface area (Å²) in [7, 11) is -3.46. The quantitative estimate of drug-likeness (QED) is 0.640. The second kappa shape index (κ2) is 8.33. The standard InChI is InChI=1S/C19H19NO4S2/c21-19(10-13-26(22,23)15-6-2-1-3-7-15)20-14-16(17-8-4-11-24-17)18-9-5-12-25-18/h1-9,11-12,16H,10,13-14H2,(H,20,21). The molecule has 5 nitrogen and oxygen atoms in total. The lowest BCUT2D eigenvalue weighted by atomic mass is 10.0. The second-order valence-electron chi connectivity index (χ2n) is 5.77. The summed E-state index contributed by atoms with van der Waals surface area (Å²) in [5.74, 6) is 0.176. The molecule has 0 saturated heterocycles. The maximum Gasteiger partial charge on any atom is 0.221 e. The molecule has 0 fully saturated rings. The number of nitrogens with one attached hydrogen (secondary N) is 1. The first-order valence-electron chi connectivity index (χ1n) is 8.17. The lowest BCUT2D eigenvalue weighted by Crippen LogP contribution is -2.30. The lowest BCUT2D eigenvalue weighted by molar-refractivity contribution is -0.120. The largest absolute Gasteiger partial charge is 0.469 e.